The molecule has 0 aliphatic rings. The fourth-order valence-corrected chi connectivity index (χ4v) is 2.71. The van der Waals surface area contributed by atoms with Gasteiger partial charge in [0.25, 0.3) is 11.5 Å². The van der Waals surface area contributed by atoms with Crippen molar-refractivity contribution in [3.05, 3.63) is 49.9 Å². The minimum Gasteiger partial charge on any atom is -0.385 e. The molecule has 0 aliphatic carbocycles. The molecule has 3 N–H and O–H groups in total. The van der Waals surface area contributed by atoms with Gasteiger partial charge in [-0.05, 0) is 38.5 Å². The first kappa shape index (κ1) is 17.1. The molecule has 0 unspecified atom stereocenters. The second-order valence-electron chi connectivity index (χ2n) is 5.42. The van der Waals surface area contributed by atoms with Gasteiger partial charge in [0.1, 0.15) is 0 Å². The van der Waals surface area contributed by atoms with E-state index in [1.165, 1.54) is 4.68 Å². The van der Waals surface area contributed by atoms with E-state index in [4.69, 9.17) is 11.6 Å². The molecule has 0 atom stereocenters. The number of benzene rings is 1. The maximum Gasteiger partial charge on any atom is 0.271 e. The Morgan fingerprint density at radius 3 is 2.61 bits per heavy atom. The second kappa shape index (κ2) is 6.91. The van der Waals surface area contributed by atoms with Crippen LogP contribution in [-0.2, 0) is 13.6 Å². The van der Waals surface area contributed by atoms with Crippen molar-refractivity contribution in [2.45, 2.75) is 27.3 Å². The number of halogens is 1. The van der Waals surface area contributed by atoms with Crippen LogP contribution in [0.5, 0.6) is 0 Å². The van der Waals surface area contributed by atoms with Gasteiger partial charge in [-0.3, -0.25) is 19.4 Å². The van der Waals surface area contributed by atoms with Gasteiger partial charge in [-0.15, -0.1) is 0 Å². The summed E-state index contributed by atoms with van der Waals surface area (Å²) in [5, 5.41) is 9.37. The number of anilines is 1. The van der Waals surface area contributed by atoms with Gasteiger partial charge in [0.05, 0.1) is 12.1 Å². The molecule has 0 bridgehead atoms. The first-order chi connectivity index (χ1) is 10.8. The van der Waals surface area contributed by atoms with Crippen LogP contribution in [0.2, 0.25) is 5.02 Å². The Balaban J connectivity index is 2.23. The first-order valence-corrected chi connectivity index (χ1v) is 7.79. The highest BCUT2D eigenvalue weighted by Crippen LogP contribution is 2.24. The summed E-state index contributed by atoms with van der Waals surface area (Å²) in [6.45, 7) is 6.55. The van der Waals surface area contributed by atoms with Gasteiger partial charge in [0.2, 0.25) is 0 Å². The van der Waals surface area contributed by atoms with Crippen LogP contribution in [0.3, 0.4) is 0 Å². The number of H-pyrrole nitrogens is 1. The topological polar surface area (TPSA) is 78.9 Å². The largest absolute Gasteiger partial charge is 0.385 e. The van der Waals surface area contributed by atoms with Crippen LogP contribution in [0, 0.1) is 13.8 Å². The van der Waals surface area contributed by atoms with Crippen molar-refractivity contribution < 1.29 is 4.79 Å². The number of amides is 1. The van der Waals surface area contributed by atoms with Crippen molar-refractivity contribution in [2.75, 3.05) is 11.9 Å². The van der Waals surface area contributed by atoms with E-state index in [0.717, 1.165) is 23.5 Å². The summed E-state index contributed by atoms with van der Waals surface area (Å²) in [6.07, 6.45) is 0. The van der Waals surface area contributed by atoms with Crippen LogP contribution in [0.1, 0.15) is 34.1 Å². The van der Waals surface area contributed by atoms with Crippen LogP contribution in [0.25, 0.3) is 0 Å². The van der Waals surface area contributed by atoms with Gasteiger partial charge in [0, 0.05) is 35.6 Å². The van der Waals surface area contributed by atoms with Crippen molar-refractivity contribution in [3.63, 3.8) is 0 Å². The zero-order chi connectivity index (χ0) is 17.1. The van der Waals surface area contributed by atoms with Crippen LogP contribution >= 0.6 is 11.6 Å². The van der Waals surface area contributed by atoms with Crippen molar-refractivity contribution in [1.29, 1.82) is 0 Å². The van der Waals surface area contributed by atoms with E-state index < -0.39 is 0 Å². The van der Waals surface area contributed by atoms with Gasteiger partial charge in [0.15, 0.2) is 0 Å². The number of aromatic nitrogens is 2. The van der Waals surface area contributed by atoms with Gasteiger partial charge < -0.3 is 10.6 Å². The Bertz CT molecular complexity index is 792. The van der Waals surface area contributed by atoms with E-state index in [-0.39, 0.29) is 18.0 Å². The maximum atomic E-state index is 12.5. The summed E-state index contributed by atoms with van der Waals surface area (Å²) in [5.41, 5.74) is 3.31. The predicted octanol–water partition coefficient (Wildman–Crippen LogP) is 2.35. The summed E-state index contributed by atoms with van der Waals surface area (Å²) in [5.74, 6) is -0.258. The molecule has 0 aliphatic heterocycles. The van der Waals surface area contributed by atoms with Crippen LogP contribution in [0.15, 0.2) is 16.9 Å². The fraction of sp³-hybridized carbons (Fsp3) is 0.375. The maximum absolute atomic E-state index is 12.5. The predicted molar refractivity (Wildman–Crippen MR) is 92.3 cm³/mol. The van der Waals surface area contributed by atoms with E-state index in [0.29, 0.717) is 16.1 Å². The van der Waals surface area contributed by atoms with Gasteiger partial charge in [-0.1, -0.05) is 11.6 Å². The molecule has 0 fully saturated rings. The summed E-state index contributed by atoms with van der Waals surface area (Å²) in [6, 6.07) is 3.43. The minimum atomic E-state index is -0.258. The van der Waals surface area contributed by atoms with E-state index in [9.17, 15) is 9.59 Å². The number of carbonyl (C=O) groups excluding carboxylic acids is 1. The molecular weight excluding hydrogens is 316 g/mol. The SMILES string of the molecule is CCNc1cc(Cl)cc(C(=O)NCc2c(C)[nH]n(C)c2=O)c1C. The zero-order valence-corrected chi connectivity index (χ0v) is 14.5. The number of aromatic amines is 1. The molecule has 0 saturated heterocycles. The highest BCUT2D eigenvalue weighted by atomic mass is 35.5. The Morgan fingerprint density at radius 2 is 2.04 bits per heavy atom. The highest BCUT2D eigenvalue weighted by Gasteiger charge is 2.15. The van der Waals surface area contributed by atoms with Gasteiger partial charge in [-0.2, -0.15) is 0 Å². The van der Waals surface area contributed by atoms with E-state index in [1.807, 2.05) is 13.8 Å². The number of rotatable bonds is 5. The lowest BCUT2D eigenvalue weighted by Crippen LogP contribution is -2.27. The molecule has 1 aromatic heterocycles. The molecule has 7 heteroatoms. The summed E-state index contributed by atoms with van der Waals surface area (Å²) in [4.78, 5) is 24.4. The standard InChI is InChI=1S/C16H21ClN4O2/c1-5-18-14-7-11(17)6-12(9(14)2)15(22)19-8-13-10(3)20-21(4)16(13)23/h6-7,18,20H,5,8H2,1-4H3,(H,19,22). The molecule has 1 amide bonds. The molecule has 1 aromatic carbocycles. The van der Waals surface area contributed by atoms with E-state index >= 15 is 0 Å². The van der Waals surface area contributed by atoms with Crippen molar-refractivity contribution in [2.24, 2.45) is 7.05 Å². The lowest BCUT2D eigenvalue weighted by molar-refractivity contribution is 0.0950. The highest BCUT2D eigenvalue weighted by molar-refractivity contribution is 6.31. The molecule has 0 saturated carbocycles. The lowest BCUT2D eigenvalue weighted by Gasteiger charge is -2.13. The average molecular weight is 337 g/mol. The number of hydrogen-bond donors (Lipinski definition) is 3. The molecule has 6 nitrogen and oxygen atoms in total. The minimum absolute atomic E-state index is 0.140. The number of aryl methyl sites for hydroxylation is 2. The molecular formula is C16H21ClN4O2. The molecule has 2 rings (SSSR count). The third kappa shape index (κ3) is 3.59. The smallest absolute Gasteiger partial charge is 0.271 e. The molecule has 0 radical (unpaired) electrons. The zero-order valence-electron chi connectivity index (χ0n) is 13.7. The number of nitrogens with one attached hydrogen (secondary N) is 3. The van der Waals surface area contributed by atoms with Crippen molar-refractivity contribution in [1.82, 2.24) is 15.1 Å². The van der Waals surface area contributed by atoms with E-state index in [2.05, 4.69) is 15.7 Å². The summed E-state index contributed by atoms with van der Waals surface area (Å²) in [7, 11) is 1.64. The van der Waals surface area contributed by atoms with Crippen LogP contribution in [-0.4, -0.2) is 22.2 Å². The summed E-state index contributed by atoms with van der Waals surface area (Å²) >= 11 is 6.09. The lowest BCUT2D eigenvalue weighted by atomic mass is 10.1. The van der Waals surface area contributed by atoms with Crippen molar-refractivity contribution >= 4 is 23.2 Å². The number of carbonyl (C=O) groups is 1. The normalized spacial score (nSPS) is 10.7. The quantitative estimate of drug-likeness (QED) is 0.784. The second-order valence-corrected chi connectivity index (χ2v) is 5.85. The van der Waals surface area contributed by atoms with Gasteiger partial charge in [-0.25, -0.2) is 0 Å². The summed E-state index contributed by atoms with van der Waals surface area (Å²) < 4.78 is 1.39. The molecule has 2 aromatic rings. The Morgan fingerprint density at radius 1 is 1.35 bits per heavy atom. The molecule has 124 valence electrons. The molecule has 23 heavy (non-hydrogen) atoms. The monoisotopic (exact) mass is 336 g/mol. The Kier molecular flexibility index (Phi) is 5.15. The third-order valence-corrected chi connectivity index (χ3v) is 3.98. The Hall–Kier alpha value is -2.21. The van der Waals surface area contributed by atoms with Crippen molar-refractivity contribution in [3.8, 4) is 0 Å². The fourth-order valence-electron chi connectivity index (χ4n) is 2.49. The molecule has 0 spiro atoms. The first-order valence-electron chi connectivity index (χ1n) is 7.41. The van der Waals surface area contributed by atoms with Gasteiger partial charge >= 0.3 is 0 Å². The third-order valence-electron chi connectivity index (χ3n) is 3.76. The number of hydrogen-bond acceptors (Lipinski definition) is 3. The Labute approximate surface area is 139 Å². The van der Waals surface area contributed by atoms with Crippen LogP contribution in [0.4, 0.5) is 5.69 Å². The molecule has 1 heterocycles. The number of nitrogens with zero attached hydrogens (tertiary/aromatic N) is 1. The van der Waals surface area contributed by atoms with Crippen LogP contribution < -0.4 is 16.2 Å². The average Bonchev–Trinajstić information content (AvgIpc) is 2.73. The van der Waals surface area contributed by atoms with E-state index in [1.54, 1.807) is 26.1 Å².